The van der Waals surface area contributed by atoms with Crippen LogP contribution >= 0.6 is 0 Å². The largest absolute Gasteiger partial charge is 0.506 e. The van der Waals surface area contributed by atoms with E-state index in [0.717, 1.165) is 0 Å². The molecular formula is C15H25N3O3. The number of aliphatic hydroxyl groups is 1. The Morgan fingerprint density at radius 1 is 1.43 bits per heavy atom. The van der Waals surface area contributed by atoms with Crippen LogP contribution in [0.25, 0.3) is 0 Å². The number of hydrogen-bond donors (Lipinski definition) is 4. The smallest absolute Gasteiger partial charge is 0.237 e. The number of carbonyl (C=O) groups excluding carboxylic acids is 1. The lowest BCUT2D eigenvalue weighted by molar-refractivity contribution is -0.124. The van der Waals surface area contributed by atoms with Gasteiger partial charge in [-0.3, -0.25) is 9.78 Å². The van der Waals surface area contributed by atoms with Crippen molar-refractivity contribution in [3.05, 3.63) is 23.0 Å². The third-order valence-corrected chi connectivity index (χ3v) is 3.08. The highest BCUT2D eigenvalue weighted by molar-refractivity contribution is 5.81. The summed E-state index contributed by atoms with van der Waals surface area (Å²) in [5.41, 5.74) is 1.32. The first-order valence-corrected chi connectivity index (χ1v) is 6.98. The molecule has 1 atom stereocenters. The summed E-state index contributed by atoms with van der Waals surface area (Å²) in [6.07, 6.45) is 1.53. The summed E-state index contributed by atoms with van der Waals surface area (Å²) in [6, 6.07) is -0.413. The predicted octanol–water partition coefficient (Wildman–Crippen LogP) is 0.981. The summed E-state index contributed by atoms with van der Waals surface area (Å²) in [7, 11) is 0. The molecule has 6 heteroatoms. The Labute approximate surface area is 125 Å². The van der Waals surface area contributed by atoms with Gasteiger partial charge in [0, 0.05) is 29.4 Å². The van der Waals surface area contributed by atoms with Gasteiger partial charge in [-0.2, -0.15) is 0 Å². The summed E-state index contributed by atoms with van der Waals surface area (Å²) in [5.74, 6) is -0.0594. The summed E-state index contributed by atoms with van der Waals surface area (Å²) in [6.45, 7) is 9.27. The van der Waals surface area contributed by atoms with Crippen molar-refractivity contribution >= 4 is 5.91 Å². The SMILES string of the molecule is Cc1ncc(CO)c(CNC(C)C(=O)NC(C)(C)C)c1O. The fourth-order valence-electron chi connectivity index (χ4n) is 1.84. The van der Waals surface area contributed by atoms with Gasteiger partial charge in [0.1, 0.15) is 5.75 Å². The number of carbonyl (C=O) groups is 1. The predicted molar refractivity (Wildman–Crippen MR) is 80.8 cm³/mol. The first kappa shape index (κ1) is 17.4. The molecule has 0 aliphatic rings. The summed E-state index contributed by atoms with van der Waals surface area (Å²) in [4.78, 5) is 16.0. The molecule has 1 aromatic heterocycles. The Morgan fingerprint density at radius 2 is 2.05 bits per heavy atom. The van der Waals surface area contributed by atoms with E-state index >= 15 is 0 Å². The highest BCUT2D eigenvalue weighted by Gasteiger charge is 2.20. The molecule has 1 unspecified atom stereocenters. The van der Waals surface area contributed by atoms with Gasteiger partial charge in [0.05, 0.1) is 18.3 Å². The van der Waals surface area contributed by atoms with Gasteiger partial charge in [-0.15, -0.1) is 0 Å². The first-order valence-electron chi connectivity index (χ1n) is 6.98. The minimum absolute atomic E-state index is 0.0532. The van der Waals surface area contributed by atoms with E-state index in [-0.39, 0.29) is 30.3 Å². The van der Waals surface area contributed by atoms with Crippen molar-refractivity contribution in [1.82, 2.24) is 15.6 Å². The van der Waals surface area contributed by atoms with Gasteiger partial charge < -0.3 is 20.8 Å². The lowest BCUT2D eigenvalue weighted by atomic mass is 10.1. The van der Waals surface area contributed by atoms with Crippen molar-refractivity contribution in [2.75, 3.05) is 0 Å². The highest BCUT2D eigenvalue weighted by atomic mass is 16.3. The third-order valence-electron chi connectivity index (χ3n) is 3.08. The molecule has 1 aromatic rings. The first-order chi connectivity index (χ1) is 9.65. The lowest BCUT2D eigenvalue weighted by Gasteiger charge is -2.24. The molecule has 118 valence electrons. The Bertz CT molecular complexity index is 510. The average molecular weight is 295 g/mol. The molecule has 0 aliphatic carbocycles. The number of amides is 1. The van der Waals surface area contributed by atoms with E-state index in [1.54, 1.807) is 13.8 Å². The molecule has 21 heavy (non-hydrogen) atoms. The number of aromatic nitrogens is 1. The van der Waals surface area contributed by atoms with Crippen molar-refractivity contribution < 1.29 is 15.0 Å². The van der Waals surface area contributed by atoms with Gasteiger partial charge >= 0.3 is 0 Å². The molecule has 0 radical (unpaired) electrons. The molecule has 6 nitrogen and oxygen atoms in total. The van der Waals surface area contributed by atoms with Crippen LogP contribution in [0.4, 0.5) is 0 Å². The van der Waals surface area contributed by atoms with E-state index in [9.17, 15) is 15.0 Å². The van der Waals surface area contributed by atoms with E-state index in [1.165, 1.54) is 6.20 Å². The van der Waals surface area contributed by atoms with Crippen LogP contribution in [0.3, 0.4) is 0 Å². The minimum Gasteiger partial charge on any atom is -0.506 e. The number of aromatic hydroxyl groups is 1. The molecule has 1 heterocycles. The van der Waals surface area contributed by atoms with E-state index in [4.69, 9.17) is 0 Å². The molecule has 0 spiro atoms. The molecule has 0 bridgehead atoms. The van der Waals surface area contributed by atoms with Crippen LogP contribution in [0.2, 0.25) is 0 Å². The van der Waals surface area contributed by atoms with Crippen molar-refractivity contribution in [1.29, 1.82) is 0 Å². The Morgan fingerprint density at radius 3 is 2.57 bits per heavy atom. The summed E-state index contributed by atoms with van der Waals surface area (Å²) in [5, 5.41) is 25.3. The maximum atomic E-state index is 12.0. The standard InChI is InChI=1S/C15H25N3O3/c1-9-13(20)12(11(8-19)6-16-9)7-17-10(2)14(21)18-15(3,4)5/h6,10,17,19-20H,7-8H2,1-5H3,(H,18,21). The normalized spacial score (nSPS) is 13.0. The zero-order valence-corrected chi connectivity index (χ0v) is 13.3. The van der Waals surface area contributed by atoms with Gasteiger partial charge in [-0.1, -0.05) is 0 Å². The van der Waals surface area contributed by atoms with Crippen LogP contribution in [-0.2, 0) is 17.9 Å². The number of nitrogens with one attached hydrogen (secondary N) is 2. The molecule has 0 aliphatic heterocycles. The van der Waals surface area contributed by atoms with Crippen molar-refractivity contribution in [3.63, 3.8) is 0 Å². The van der Waals surface area contributed by atoms with Crippen LogP contribution in [0, 0.1) is 6.92 Å². The quantitative estimate of drug-likeness (QED) is 0.649. The molecule has 0 saturated heterocycles. The third kappa shape index (κ3) is 4.99. The number of rotatable bonds is 5. The zero-order valence-electron chi connectivity index (χ0n) is 13.3. The van der Waals surface area contributed by atoms with E-state index in [1.807, 2.05) is 20.8 Å². The topological polar surface area (TPSA) is 94.5 Å². The van der Waals surface area contributed by atoms with Crippen LogP contribution in [0.15, 0.2) is 6.20 Å². The minimum atomic E-state index is -0.413. The molecule has 1 amide bonds. The van der Waals surface area contributed by atoms with Gasteiger partial charge in [0.2, 0.25) is 5.91 Å². The zero-order chi connectivity index (χ0) is 16.2. The number of nitrogens with zero attached hydrogens (tertiary/aromatic N) is 1. The number of aryl methyl sites for hydroxylation is 1. The molecule has 1 rings (SSSR count). The fourth-order valence-corrected chi connectivity index (χ4v) is 1.84. The molecule has 0 fully saturated rings. The second-order valence-electron chi connectivity index (χ2n) is 6.20. The van der Waals surface area contributed by atoms with Crippen LogP contribution in [0.1, 0.15) is 44.5 Å². The number of pyridine rings is 1. The van der Waals surface area contributed by atoms with Gasteiger partial charge in [-0.25, -0.2) is 0 Å². The average Bonchev–Trinajstić information content (AvgIpc) is 2.38. The van der Waals surface area contributed by atoms with Crippen molar-refractivity contribution in [2.45, 2.75) is 59.4 Å². The monoisotopic (exact) mass is 295 g/mol. The highest BCUT2D eigenvalue weighted by Crippen LogP contribution is 2.23. The van der Waals surface area contributed by atoms with E-state index < -0.39 is 6.04 Å². The number of hydrogen-bond acceptors (Lipinski definition) is 5. The molecule has 4 N–H and O–H groups in total. The van der Waals surface area contributed by atoms with Crippen molar-refractivity contribution in [3.8, 4) is 5.75 Å². The second kappa shape index (κ2) is 6.87. The maximum absolute atomic E-state index is 12.0. The maximum Gasteiger partial charge on any atom is 0.237 e. The van der Waals surface area contributed by atoms with Crippen LogP contribution in [-0.4, -0.2) is 32.7 Å². The molecular weight excluding hydrogens is 270 g/mol. The second-order valence-corrected chi connectivity index (χ2v) is 6.20. The van der Waals surface area contributed by atoms with E-state index in [0.29, 0.717) is 16.8 Å². The number of aliphatic hydroxyl groups excluding tert-OH is 1. The summed E-state index contributed by atoms with van der Waals surface area (Å²) < 4.78 is 0. The lowest BCUT2D eigenvalue weighted by Crippen LogP contribution is -2.49. The van der Waals surface area contributed by atoms with Gasteiger partial charge in [0.15, 0.2) is 0 Å². The summed E-state index contributed by atoms with van der Waals surface area (Å²) >= 11 is 0. The Kier molecular flexibility index (Phi) is 5.69. The van der Waals surface area contributed by atoms with E-state index in [2.05, 4.69) is 15.6 Å². The van der Waals surface area contributed by atoms with Crippen molar-refractivity contribution in [2.24, 2.45) is 0 Å². The van der Waals surface area contributed by atoms with Gasteiger partial charge in [-0.05, 0) is 34.6 Å². The molecule has 0 saturated carbocycles. The Hall–Kier alpha value is -1.66. The Balaban J connectivity index is 2.75. The van der Waals surface area contributed by atoms with Crippen LogP contribution in [0.5, 0.6) is 5.75 Å². The van der Waals surface area contributed by atoms with Crippen LogP contribution < -0.4 is 10.6 Å². The molecule has 0 aromatic carbocycles. The fraction of sp³-hybridized carbons (Fsp3) is 0.600. The van der Waals surface area contributed by atoms with Gasteiger partial charge in [0.25, 0.3) is 0 Å².